The molecule has 1 fully saturated rings. The predicted molar refractivity (Wildman–Crippen MR) is 75.4 cm³/mol. The lowest BCUT2D eigenvalue weighted by molar-refractivity contribution is -0.141. The van der Waals surface area contributed by atoms with E-state index in [1.54, 1.807) is 23.9 Å². The highest BCUT2D eigenvalue weighted by molar-refractivity contribution is 8.00. The summed E-state index contributed by atoms with van der Waals surface area (Å²) >= 11 is 3.06. The second kappa shape index (κ2) is 5.92. The van der Waals surface area contributed by atoms with Gasteiger partial charge in [0, 0.05) is 5.75 Å². The Morgan fingerprint density at radius 1 is 1.58 bits per heavy atom. The van der Waals surface area contributed by atoms with Gasteiger partial charge in [-0.25, -0.2) is 4.79 Å². The fraction of sp³-hybridized carbons (Fsp3) is 0.500. The number of carbonyl (C=O) groups is 2. The van der Waals surface area contributed by atoms with Gasteiger partial charge >= 0.3 is 5.97 Å². The van der Waals surface area contributed by atoms with Gasteiger partial charge in [-0.3, -0.25) is 4.79 Å². The van der Waals surface area contributed by atoms with Crippen LogP contribution < -0.4 is 0 Å². The van der Waals surface area contributed by atoms with E-state index >= 15 is 0 Å². The molecule has 0 aromatic carbocycles. The van der Waals surface area contributed by atoms with Crippen LogP contribution in [0.1, 0.15) is 23.2 Å². The number of rotatable bonds is 4. The molecule has 1 N–H and O–H groups in total. The van der Waals surface area contributed by atoms with Gasteiger partial charge in [0.25, 0.3) is 5.91 Å². The summed E-state index contributed by atoms with van der Waals surface area (Å²) in [4.78, 5) is 24.9. The average Bonchev–Trinajstić information content (AvgIpc) is 2.95. The molecule has 19 heavy (non-hydrogen) atoms. The SMILES string of the molecule is CSCc1ccc(C(=O)N2C(C)SCC2C(=O)O)o1. The standard InChI is InChI=1S/C12H15NO4S2/c1-7-13(9(6-19-7)12(15)16)11(14)10-4-3-8(17-10)5-18-2/h3-4,7,9H,5-6H2,1-2H3,(H,15,16). The van der Waals surface area contributed by atoms with Crippen molar-refractivity contribution >= 4 is 35.4 Å². The van der Waals surface area contributed by atoms with Gasteiger partial charge in [0.15, 0.2) is 5.76 Å². The van der Waals surface area contributed by atoms with E-state index in [1.807, 2.05) is 13.2 Å². The molecular weight excluding hydrogens is 286 g/mol. The summed E-state index contributed by atoms with van der Waals surface area (Å²) in [6, 6.07) is 2.59. The maximum absolute atomic E-state index is 12.3. The van der Waals surface area contributed by atoms with Crippen LogP contribution in [0.4, 0.5) is 0 Å². The summed E-state index contributed by atoms with van der Waals surface area (Å²) in [7, 11) is 0. The van der Waals surface area contributed by atoms with Crippen molar-refractivity contribution in [3.8, 4) is 0 Å². The summed E-state index contributed by atoms with van der Waals surface area (Å²) in [6.07, 6.45) is 1.95. The summed E-state index contributed by atoms with van der Waals surface area (Å²) in [5, 5.41) is 9.00. The first-order valence-corrected chi connectivity index (χ1v) is 8.23. The van der Waals surface area contributed by atoms with Crippen molar-refractivity contribution < 1.29 is 19.1 Å². The molecule has 2 heterocycles. The van der Waals surface area contributed by atoms with Crippen LogP contribution in [0, 0.1) is 0 Å². The van der Waals surface area contributed by atoms with E-state index < -0.39 is 12.0 Å². The van der Waals surface area contributed by atoms with Gasteiger partial charge in [-0.1, -0.05) is 0 Å². The first-order chi connectivity index (χ1) is 9.04. The number of carbonyl (C=O) groups excluding carboxylic acids is 1. The van der Waals surface area contributed by atoms with Gasteiger partial charge in [0.2, 0.25) is 0 Å². The minimum atomic E-state index is -0.971. The fourth-order valence-corrected chi connectivity index (χ4v) is 3.59. The van der Waals surface area contributed by atoms with E-state index in [-0.39, 0.29) is 17.0 Å². The van der Waals surface area contributed by atoms with Gasteiger partial charge in [0.1, 0.15) is 11.8 Å². The molecule has 2 atom stereocenters. The number of furan rings is 1. The van der Waals surface area contributed by atoms with Gasteiger partial charge in [-0.05, 0) is 25.3 Å². The van der Waals surface area contributed by atoms with Crippen LogP contribution in [0.5, 0.6) is 0 Å². The van der Waals surface area contributed by atoms with E-state index in [0.717, 1.165) is 5.76 Å². The lowest BCUT2D eigenvalue weighted by Gasteiger charge is -2.23. The second-order valence-corrected chi connectivity index (χ2v) is 6.41. The largest absolute Gasteiger partial charge is 0.480 e. The molecule has 0 spiro atoms. The van der Waals surface area contributed by atoms with Crippen molar-refractivity contribution in [2.24, 2.45) is 0 Å². The molecule has 0 radical (unpaired) electrons. The van der Waals surface area contributed by atoms with Gasteiger partial charge in [-0.2, -0.15) is 11.8 Å². The predicted octanol–water partition coefficient (Wildman–Crippen LogP) is 2.13. The van der Waals surface area contributed by atoms with E-state index in [4.69, 9.17) is 9.52 Å². The van der Waals surface area contributed by atoms with Crippen molar-refractivity contribution in [2.75, 3.05) is 12.0 Å². The Morgan fingerprint density at radius 2 is 2.32 bits per heavy atom. The molecule has 0 saturated carbocycles. The van der Waals surface area contributed by atoms with Crippen LogP contribution >= 0.6 is 23.5 Å². The maximum Gasteiger partial charge on any atom is 0.327 e. The van der Waals surface area contributed by atoms with Crippen molar-refractivity contribution in [1.29, 1.82) is 0 Å². The summed E-state index contributed by atoms with van der Waals surface area (Å²) < 4.78 is 5.46. The molecule has 0 aliphatic carbocycles. The minimum Gasteiger partial charge on any atom is -0.480 e. The summed E-state index contributed by atoms with van der Waals surface area (Å²) in [5.41, 5.74) is 0. The fourth-order valence-electron chi connectivity index (χ4n) is 1.98. The molecule has 0 bridgehead atoms. The van der Waals surface area contributed by atoms with E-state index in [1.165, 1.54) is 16.7 Å². The van der Waals surface area contributed by atoms with Crippen molar-refractivity contribution in [2.45, 2.75) is 24.1 Å². The molecular formula is C12H15NO4S2. The average molecular weight is 301 g/mol. The van der Waals surface area contributed by atoms with Crippen LogP contribution in [0.15, 0.2) is 16.5 Å². The Labute approximate surface area is 119 Å². The van der Waals surface area contributed by atoms with E-state index in [0.29, 0.717) is 11.5 Å². The first-order valence-electron chi connectivity index (χ1n) is 5.79. The Bertz CT molecular complexity index is 488. The molecule has 1 aliphatic heterocycles. The monoisotopic (exact) mass is 301 g/mol. The zero-order chi connectivity index (χ0) is 14.0. The van der Waals surface area contributed by atoms with E-state index in [2.05, 4.69) is 0 Å². The lowest BCUT2D eigenvalue weighted by atomic mass is 10.2. The molecule has 1 saturated heterocycles. The Hall–Kier alpha value is -1.08. The Kier molecular flexibility index (Phi) is 4.46. The number of hydrogen-bond donors (Lipinski definition) is 1. The molecule has 7 heteroatoms. The molecule has 1 aliphatic rings. The molecule has 1 aromatic heterocycles. The van der Waals surface area contributed by atoms with E-state index in [9.17, 15) is 9.59 Å². The van der Waals surface area contributed by atoms with Crippen LogP contribution in [-0.4, -0.2) is 45.3 Å². The Morgan fingerprint density at radius 3 is 2.95 bits per heavy atom. The number of nitrogens with zero attached hydrogens (tertiary/aromatic N) is 1. The normalized spacial score (nSPS) is 22.7. The third-order valence-corrected chi connectivity index (χ3v) is 4.69. The number of carboxylic acid groups (broad SMARTS) is 1. The molecule has 2 unspecified atom stereocenters. The topological polar surface area (TPSA) is 70.8 Å². The number of thioether (sulfide) groups is 2. The van der Waals surface area contributed by atoms with Crippen LogP contribution in [0.3, 0.4) is 0 Å². The molecule has 5 nitrogen and oxygen atoms in total. The van der Waals surface area contributed by atoms with Crippen LogP contribution in [0.25, 0.3) is 0 Å². The number of amides is 1. The first kappa shape index (κ1) is 14.3. The Balaban J connectivity index is 2.19. The van der Waals surface area contributed by atoms with Gasteiger partial charge in [0.05, 0.1) is 11.1 Å². The van der Waals surface area contributed by atoms with Gasteiger partial charge < -0.3 is 14.4 Å². The van der Waals surface area contributed by atoms with Gasteiger partial charge in [-0.15, -0.1) is 11.8 Å². The summed E-state index contributed by atoms with van der Waals surface area (Å²) in [5.74, 6) is 0.728. The zero-order valence-electron chi connectivity index (χ0n) is 10.7. The second-order valence-electron chi connectivity index (χ2n) is 4.20. The smallest absolute Gasteiger partial charge is 0.327 e. The van der Waals surface area contributed by atoms with Crippen LogP contribution in [0.2, 0.25) is 0 Å². The van der Waals surface area contributed by atoms with Crippen molar-refractivity contribution in [3.05, 3.63) is 23.7 Å². The molecule has 2 rings (SSSR count). The minimum absolute atomic E-state index is 0.150. The van der Waals surface area contributed by atoms with Crippen LogP contribution in [-0.2, 0) is 10.5 Å². The third kappa shape index (κ3) is 2.92. The number of aliphatic carboxylic acids is 1. The molecule has 104 valence electrons. The summed E-state index contributed by atoms with van der Waals surface area (Å²) in [6.45, 7) is 1.83. The molecule has 1 aromatic rings. The maximum atomic E-state index is 12.3. The van der Waals surface area contributed by atoms with Crippen molar-refractivity contribution in [1.82, 2.24) is 4.90 Å². The van der Waals surface area contributed by atoms with Crippen molar-refractivity contribution in [3.63, 3.8) is 0 Å². The highest BCUT2D eigenvalue weighted by Crippen LogP contribution is 2.30. The molecule has 1 amide bonds. The highest BCUT2D eigenvalue weighted by atomic mass is 32.2. The lowest BCUT2D eigenvalue weighted by Crippen LogP contribution is -2.44. The number of hydrogen-bond acceptors (Lipinski definition) is 5. The zero-order valence-corrected chi connectivity index (χ0v) is 12.3. The highest BCUT2D eigenvalue weighted by Gasteiger charge is 2.40. The third-order valence-electron chi connectivity index (χ3n) is 2.90. The number of carboxylic acids is 1. The quantitative estimate of drug-likeness (QED) is 0.918.